The van der Waals surface area contributed by atoms with E-state index in [0.717, 1.165) is 12.0 Å². The van der Waals surface area contributed by atoms with E-state index in [1.165, 1.54) is 24.3 Å². The van der Waals surface area contributed by atoms with E-state index < -0.39 is 12.3 Å². The number of nitro benzene ring substituents is 1. The van der Waals surface area contributed by atoms with Crippen molar-refractivity contribution in [2.75, 3.05) is 6.16 Å². The lowest BCUT2D eigenvalue weighted by molar-refractivity contribution is -0.384. The van der Waals surface area contributed by atoms with Gasteiger partial charge in [-0.2, -0.15) is 0 Å². The number of nitrogens with zero attached hydrogens (tertiary/aromatic N) is 1. The fraction of sp³-hybridized carbons (Fsp3) is 0.273. The maximum atomic E-state index is 12.2. The number of hydrogen-bond acceptors (Lipinski definition) is 4. The molecule has 2 rings (SSSR count). The Morgan fingerprint density at radius 2 is 2.00 bits per heavy atom. The minimum Gasteiger partial charge on any atom is -0.440 e. The van der Waals surface area contributed by atoms with E-state index in [4.69, 9.17) is 4.52 Å². The first-order valence-corrected chi connectivity index (χ1v) is 7.08. The number of nitro groups is 1. The first-order chi connectivity index (χ1) is 7.98. The van der Waals surface area contributed by atoms with E-state index >= 15 is 0 Å². The Labute approximate surface area is 98.7 Å². The molecule has 0 bridgehead atoms. The zero-order chi connectivity index (χ0) is 12.5. The highest BCUT2D eigenvalue weighted by molar-refractivity contribution is 7.63. The molecule has 5 nitrogen and oxygen atoms in total. The van der Waals surface area contributed by atoms with Crippen LogP contribution in [-0.4, -0.2) is 11.1 Å². The lowest BCUT2D eigenvalue weighted by Gasteiger charge is -2.11. The first kappa shape index (κ1) is 11.9. The van der Waals surface area contributed by atoms with Gasteiger partial charge in [-0.15, -0.1) is 0 Å². The molecule has 1 aliphatic heterocycles. The predicted molar refractivity (Wildman–Crippen MR) is 64.6 cm³/mol. The Bertz CT molecular complexity index is 521. The zero-order valence-electron chi connectivity index (χ0n) is 9.33. The molecule has 0 N–H and O–H groups in total. The highest BCUT2D eigenvalue weighted by Gasteiger charge is 2.27. The molecule has 1 aromatic carbocycles. The van der Waals surface area contributed by atoms with Crippen molar-refractivity contribution in [1.82, 2.24) is 0 Å². The van der Waals surface area contributed by atoms with Gasteiger partial charge in [-0.1, -0.05) is 5.57 Å². The average molecular weight is 253 g/mol. The van der Waals surface area contributed by atoms with Gasteiger partial charge in [0.25, 0.3) is 13.1 Å². The standard InChI is InChI=1S/C11H12NO4P/c1-9-6-7-17(15,8-9)16-11-4-2-10(3-5-11)12(13)14/h2-5,8H,6-7H2,1H3/t17-/m1/s1. The van der Waals surface area contributed by atoms with Gasteiger partial charge in [0.1, 0.15) is 5.75 Å². The van der Waals surface area contributed by atoms with Crippen LogP contribution in [0.5, 0.6) is 5.75 Å². The molecule has 0 spiro atoms. The number of benzene rings is 1. The van der Waals surface area contributed by atoms with E-state index in [-0.39, 0.29) is 5.69 Å². The minimum absolute atomic E-state index is 0.00576. The van der Waals surface area contributed by atoms with Crippen LogP contribution in [0.25, 0.3) is 0 Å². The summed E-state index contributed by atoms with van der Waals surface area (Å²) < 4.78 is 17.6. The summed E-state index contributed by atoms with van der Waals surface area (Å²) in [5, 5.41) is 10.5. The highest BCUT2D eigenvalue weighted by atomic mass is 31.2. The quantitative estimate of drug-likeness (QED) is 0.469. The molecule has 1 aliphatic rings. The van der Waals surface area contributed by atoms with Crippen LogP contribution in [-0.2, 0) is 4.57 Å². The van der Waals surface area contributed by atoms with Gasteiger partial charge in [-0.3, -0.25) is 14.7 Å². The topological polar surface area (TPSA) is 69.4 Å². The average Bonchev–Trinajstić information content (AvgIpc) is 2.59. The SMILES string of the molecule is CC1=C[P@](=O)(Oc2ccc([N+](=O)[O-])cc2)CC1. The summed E-state index contributed by atoms with van der Waals surface area (Å²) in [6.45, 7) is 1.92. The molecule has 0 aromatic heterocycles. The monoisotopic (exact) mass is 253 g/mol. The molecular formula is C11H12NO4P. The van der Waals surface area contributed by atoms with Crippen molar-refractivity contribution >= 4 is 13.1 Å². The van der Waals surface area contributed by atoms with Crippen molar-refractivity contribution in [2.24, 2.45) is 0 Å². The van der Waals surface area contributed by atoms with Gasteiger partial charge < -0.3 is 4.52 Å². The van der Waals surface area contributed by atoms with Crippen LogP contribution in [0.4, 0.5) is 5.69 Å². The fourth-order valence-electron chi connectivity index (χ4n) is 1.68. The van der Waals surface area contributed by atoms with Crippen molar-refractivity contribution in [2.45, 2.75) is 13.3 Å². The Balaban J connectivity index is 2.15. The van der Waals surface area contributed by atoms with Crippen molar-refractivity contribution in [1.29, 1.82) is 0 Å². The van der Waals surface area contributed by atoms with E-state index in [1.807, 2.05) is 6.92 Å². The van der Waals surface area contributed by atoms with Crippen LogP contribution in [0, 0.1) is 10.1 Å². The third kappa shape index (κ3) is 2.74. The molecule has 0 saturated carbocycles. The zero-order valence-corrected chi connectivity index (χ0v) is 10.2. The summed E-state index contributed by atoms with van der Waals surface area (Å²) >= 11 is 0. The number of allylic oxidation sites excluding steroid dienone is 1. The molecule has 1 atom stereocenters. The van der Waals surface area contributed by atoms with Gasteiger partial charge in [-0.25, -0.2) is 0 Å². The van der Waals surface area contributed by atoms with E-state index in [1.54, 1.807) is 5.82 Å². The summed E-state index contributed by atoms with van der Waals surface area (Å²) in [5.41, 5.74) is 1.06. The summed E-state index contributed by atoms with van der Waals surface area (Å²) in [6.07, 6.45) is 1.29. The summed E-state index contributed by atoms with van der Waals surface area (Å²) in [4.78, 5) is 9.98. The molecule has 17 heavy (non-hydrogen) atoms. The number of non-ortho nitro benzene ring substituents is 1. The van der Waals surface area contributed by atoms with Crippen molar-refractivity contribution in [3.05, 3.63) is 45.8 Å². The lowest BCUT2D eigenvalue weighted by Crippen LogP contribution is -1.92. The molecular weight excluding hydrogens is 241 g/mol. The maximum absolute atomic E-state index is 12.2. The Hall–Kier alpha value is -1.61. The molecule has 1 heterocycles. The van der Waals surface area contributed by atoms with E-state index in [2.05, 4.69) is 0 Å². The number of hydrogen-bond donors (Lipinski definition) is 0. The van der Waals surface area contributed by atoms with Crippen molar-refractivity contribution in [3.8, 4) is 5.75 Å². The van der Waals surface area contributed by atoms with E-state index in [0.29, 0.717) is 11.9 Å². The second kappa shape index (κ2) is 4.34. The van der Waals surface area contributed by atoms with Crippen LogP contribution in [0.3, 0.4) is 0 Å². The van der Waals surface area contributed by atoms with Gasteiger partial charge in [0.05, 0.1) is 4.92 Å². The van der Waals surface area contributed by atoms with Crippen LogP contribution in [0.1, 0.15) is 13.3 Å². The van der Waals surface area contributed by atoms with Crippen molar-refractivity contribution < 1.29 is 14.0 Å². The third-order valence-corrected chi connectivity index (χ3v) is 4.74. The second-order valence-electron chi connectivity index (χ2n) is 4.02. The maximum Gasteiger partial charge on any atom is 0.270 e. The first-order valence-electron chi connectivity index (χ1n) is 5.20. The molecule has 6 heteroatoms. The van der Waals surface area contributed by atoms with Gasteiger partial charge in [0.15, 0.2) is 0 Å². The Kier molecular flexibility index (Phi) is 3.03. The van der Waals surface area contributed by atoms with Gasteiger partial charge in [0, 0.05) is 24.1 Å². The molecule has 0 amide bonds. The van der Waals surface area contributed by atoms with Crippen LogP contribution in [0.2, 0.25) is 0 Å². The summed E-state index contributed by atoms with van der Waals surface area (Å²) in [7, 11) is -2.72. The lowest BCUT2D eigenvalue weighted by atomic mass is 10.3. The Morgan fingerprint density at radius 3 is 2.47 bits per heavy atom. The molecule has 0 radical (unpaired) electrons. The minimum atomic E-state index is -2.72. The molecule has 90 valence electrons. The summed E-state index contributed by atoms with van der Waals surface area (Å²) in [5.74, 6) is 2.08. The summed E-state index contributed by atoms with van der Waals surface area (Å²) in [6, 6.07) is 5.63. The molecule has 0 unspecified atom stereocenters. The van der Waals surface area contributed by atoms with Crippen LogP contribution >= 0.6 is 7.37 Å². The van der Waals surface area contributed by atoms with Gasteiger partial charge >= 0.3 is 0 Å². The molecule has 0 aliphatic carbocycles. The molecule has 0 saturated heterocycles. The van der Waals surface area contributed by atoms with Crippen LogP contribution in [0.15, 0.2) is 35.7 Å². The van der Waals surface area contributed by atoms with Gasteiger partial charge in [-0.05, 0) is 25.5 Å². The molecule has 0 fully saturated rings. The highest BCUT2D eigenvalue weighted by Crippen LogP contribution is 2.54. The van der Waals surface area contributed by atoms with Crippen LogP contribution < -0.4 is 4.52 Å². The van der Waals surface area contributed by atoms with Crippen molar-refractivity contribution in [3.63, 3.8) is 0 Å². The van der Waals surface area contributed by atoms with Gasteiger partial charge in [0.2, 0.25) is 0 Å². The number of rotatable bonds is 3. The molecule has 1 aromatic rings. The largest absolute Gasteiger partial charge is 0.440 e. The third-order valence-electron chi connectivity index (χ3n) is 2.54. The Morgan fingerprint density at radius 1 is 1.35 bits per heavy atom. The smallest absolute Gasteiger partial charge is 0.270 e. The predicted octanol–water partition coefficient (Wildman–Crippen LogP) is 3.56. The second-order valence-corrected chi connectivity index (χ2v) is 6.36. The normalized spacial score (nSPS) is 23.2. The van der Waals surface area contributed by atoms with E-state index in [9.17, 15) is 14.7 Å². The fourth-order valence-corrected chi connectivity index (χ4v) is 3.89.